The lowest BCUT2D eigenvalue weighted by Crippen LogP contribution is -2.44. The number of benzene rings is 3. The number of carbonyl (C=O) groups excluding carboxylic acids is 4. The molecule has 0 unspecified atom stereocenters. The first-order valence-corrected chi connectivity index (χ1v) is 11.6. The van der Waals surface area contributed by atoms with Crippen molar-refractivity contribution in [2.75, 3.05) is 4.90 Å². The number of ketones is 1. The Hall–Kier alpha value is -4.59. The molecule has 8 heteroatoms. The monoisotopic (exact) mass is 479 g/mol. The highest BCUT2D eigenvalue weighted by Crippen LogP contribution is 2.53. The van der Waals surface area contributed by atoms with Gasteiger partial charge >= 0.3 is 5.97 Å². The number of hydrogen-bond donors (Lipinski definition) is 0. The third-order valence-corrected chi connectivity index (χ3v) is 6.98. The fraction of sp³-hybridized carbons (Fsp3) is 0.179. The number of hydrazone groups is 1. The van der Waals surface area contributed by atoms with Gasteiger partial charge in [0.1, 0.15) is 11.8 Å². The van der Waals surface area contributed by atoms with Crippen molar-refractivity contribution in [1.82, 2.24) is 5.01 Å². The lowest BCUT2D eigenvalue weighted by molar-refractivity contribution is -0.132. The number of ether oxygens (including phenoxy) is 1. The summed E-state index contributed by atoms with van der Waals surface area (Å²) in [6.45, 7) is 1.29. The first kappa shape index (κ1) is 21.9. The van der Waals surface area contributed by atoms with Crippen LogP contribution in [0.4, 0.5) is 5.69 Å². The molecule has 2 saturated heterocycles. The highest BCUT2D eigenvalue weighted by atomic mass is 16.5. The zero-order chi connectivity index (χ0) is 25.0. The molecule has 4 atom stereocenters. The molecule has 3 aromatic rings. The Morgan fingerprint density at radius 3 is 2.22 bits per heavy atom. The Morgan fingerprint density at radius 2 is 1.50 bits per heavy atom. The van der Waals surface area contributed by atoms with Gasteiger partial charge < -0.3 is 4.74 Å². The lowest BCUT2D eigenvalue weighted by Gasteiger charge is -2.33. The van der Waals surface area contributed by atoms with Crippen molar-refractivity contribution >= 4 is 35.5 Å². The van der Waals surface area contributed by atoms with Crippen LogP contribution in [-0.4, -0.2) is 40.8 Å². The number of rotatable bonds is 4. The number of amides is 2. The van der Waals surface area contributed by atoms with Crippen LogP contribution in [0.3, 0.4) is 0 Å². The molecule has 0 radical (unpaired) electrons. The van der Waals surface area contributed by atoms with E-state index >= 15 is 0 Å². The summed E-state index contributed by atoms with van der Waals surface area (Å²) in [7, 11) is 0. The van der Waals surface area contributed by atoms with E-state index in [9.17, 15) is 19.2 Å². The summed E-state index contributed by atoms with van der Waals surface area (Å²) in [5, 5.41) is 6.21. The van der Waals surface area contributed by atoms with E-state index < -0.39 is 35.8 Å². The number of imide groups is 1. The van der Waals surface area contributed by atoms with Gasteiger partial charge in [0.25, 0.3) is 0 Å². The zero-order valence-corrected chi connectivity index (χ0v) is 19.3. The molecule has 0 aromatic heterocycles. The van der Waals surface area contributed by atoms with Gasteiger partial charge in [0.05, 0.1) is 29.8 Å². The molecule has 3 aliphatic rings. The highest BCUT2D eigenvalue weighted by Gasteiger charge is 2.65. The molecular formula is C28H21N3O5. The maximum absolute atomic E-state index is 13.9. The number of carbonyl (C=O) groups is 4. The second-order valence-electron chi connectivity index (χ2n) is 9.02. The van der Waals surface area contributed by atoms with Crippen molar-refractivity contribution in [3.8, 4) is 5.75 Å². The molecule has 0 saturated carbocycles. The summed E-state index contributed by atoms with van der Waals surface area (Å²) in [6, 6.07) is 21.1. The van der Waals surface area contributed by atoms with Gasteiger partial charge in [-0.05, 0) is 35.4 Å². The molecule has 0 N–H and O–H groups in total. The minimum absolute atomic E-state index is 0.252. The lowest BCUT2D eigenvalue weighted by atomic mass is 9.83. The molecule has 0 bridgehead atoms. The smallest absolute Gasteiger partial charge is 0.308 e. The van der Waals surface area contributed by atoms with E-state index in [-0.39, 0.29) is 11.7 Å². The van der Waals surface area contributed by atoms with E-state index in [1.54, 1.807) is 47.6 Å². The van der Waals surface area contributed by atoms with E-state index in [1.165, 1.54) is 19.1 Å². The van der Waals surface area contributed by atoms with Gasteiger partial charge in [0, 0.05) is 12.5 Å². The van der Waals surface area contributed by atoms with Crippen LogP contribution >= 0.6 is 0 Å². The number of fused-ring (bicyclic) bond motifs is 5. The van der Waals surface area contributed by atoms with E-state index in [4.69, 9.17) is 4.74 Å². The number of anilines is 1. The van der Waals surface area contributed by atoms with Crippen LogP contribution in [0.2, 0.25) is 0 Å². The topological polar surface area (TPSA) is 96.3 Å². The summed E-state index contributed by atoms with van der Waals surface area (Å²) in [5.41, 5.74) is 2.54. The van der Waals surface area contributed by atoms with Crippen LogP contribution in [0.5, 0.6) is 5.75 Å². The Kier molecular flexibility index (Phi) is 5.03. The van der Waals surface area contributed by atoms with Crippen molar-refractivity contribution in [2.24, 2.45) is 16.9 Å². The van der Waals surface area contributed by atoms with Gasteiger partial charge in [0.15, 0.2) is 5.78 Å². The number of esters is 1. The van der Waals surface area contributed by atoms with Crippen LogP contribution in [0, 0.1) is 11.8 Å². The second-order valence-corrected chi connectivity index (χ2v) is 9.02. The van der Waals surface area contributed by atoms with Crippen molar-refractivity contribution in [3.05, 3.63) is 95.6 Å². The maximum atomic E-state index is 13.9. The molecular weight excluding hydrogens is 458 g/mol. The molecule has 3 aliphatic heterocycles. The van der Waals surface area contributed by atoms with Crippen molar-refractivity contribution in [3.63, 3.8) is 0 Å². The molecule has 8 nitrogen and oxygen atoms in total. The Labute approximate surface area is 206 Å². The highest BCUT2D eigenvalue weighted by molar-refractivity contribution is 6.24. The number of Topliss-reactive ketones (excluding diaryl/α,β-unsaturated/α-hetero) is 1. The number of hydrogen-bond acceptors (Lipinski definition) is 7. The van der Waals surface area contributed by atoms with E-state index in [0.717, 1.165) is 16.0 Å². The minimum Gasteiger partial charge on any atom is -0.427 e. The summed E-state index contributed by atoms with van der Waals surface area (Å²) < 4.78 is 5.07. The Bertz CT molecular complexity index is 1430. The Balaban J connectivity index is 1.44. The van der Waals surface area contributed by atoms with Crippen LogP contribution in [0.25, 0.3) is 0 Å². The largest absolute Gasteiger partial charge is 0.427 e. The average Bonchev–Trinajstić information content (AvgIpc) is 3.37. The third-order valence-electron chi connectivity index (χ3n) is 6.98. The summed E-state index contributed by atoms with van der Waals surface area (Å²) in [5.74, 6) is -2.91. The fourth-order valence-electron chi connectivity index (χ4n) is 5.53. The first-order chi connectivity index (χ1) is 17.5. The van der Waals surface area contributed by atoms with Gasteiger partial charge in [-0.25, -0.2) is 4.90 Å². The summed E-state index contributed by atoms with van der Waals surface area (Å²) in [4.78, 5) is 53.9. The van der Waals surface area contributed by atoms with Crippen LogP contribution < -0.4 is 9.64 Å². The van der Waals surface area contributed by atoms with Crippen LogP contribution in [-0.2, 0) is 14.4 Å². The van der Waals surface area contributed by atoms with Gasteiger partial charge in [-0.2, -0.15) is 5.10 Å². The third kappa shape index (κ3) is 3.25. The van der Waals surface area contributed by atoms with Gasteiger partial charge in [0.2, 0.25) is 11.8 Å². The summed E-state index contributed by atoms with van der Waals surface area (Å²) >= 11 is 0. The van der Waals surface area contributed by atoms with Crippen molar-refractivity contribution in [1.29, 1.82) is 0 Å². The molecule has 178 valence electrons. The second kappa shape index (κ2) is 8.27. The number of nitrogens with zero attached hydrogens (tertiary/aromatic N) is 3. The molecule has 2 fully saturated rings. The van der Waals surface area contributed by atoms with E-state index in [0.29, 0.717) is 17.0 Å². The molecule has 2 amide bonds. The van der Waals surface area contributed by atoms with E-state index in [1.807, 2.05) is 30.3 Å². The van der Waals surface area contributed by atoms with Crippen LogP contribution in [0.1, 0.15) is 34.5 Å². The predicted molar refractivity (Wildman–Crippen MR) is 130 cm³/mol. The van der Waals surface area contributed by atoms with Gasteiger partial charge in [-0.15, -0.1) is 0 Å². The summed E-state index contributed by atoms with van der Waals surface area (Å²) in [6.07, 6.45) is 1.68. The zero-order valence-electron chi connectivity index (χ0n) is 19.3. The minimum atomic E-state index is -0.922. The van der Waals surface area contributed by atoms with Crippen molar-refractivity contribution < 1.29 is 23.9 Å². The molecule has 3 heterocycles. The van der Waals surface area contributed by atoms with Crippen LogP contribution in [0.15, 0.2) is 84.0 Å². The molecule has 3 aromatic carbocycles. The molecule has 6 rings (SSSR count). The van der Waals surface area contributed by atoms with Crippen molar-refractivity contribution in [2.45, 2.75) is 19.0 Å². The average molecular weight is 479 g/mol. The van der Waals surface area contributed by atoms with Gasteiger partial charge in [-0.1, -0.05) is 54.6 Å². The van der Waals surface area contributed by atoms with Gasteiger partial charge in [-0.3, -0.25) is 24.2 Å². The fourth-order valence-corrected chi connectivity index (χ4v) is 5.53. The first-order valence-electron chi connectivity index (χ1n) is 11.6. The molecule has 36 heavy (non-hydrogen) atoms. The maximum Gasteiger partial charge on any atom is 0.308 e. The SMILES string of the molecule is CC(=O)Oc1ccc(N2C(=O)[C@@H]3[C@H](C2=O)[C@H](C(=O)c2ccccc2)N2N=Cc4ccccc4[C@H]32)cc1. The Morgan fingerprint density at radius 1 is 0.833 bits per heavy atom. The van der Waals surface area contributed by atoms with E-state index in [2.05, 4.69) is 5.10 Å². The standard InChI is InChI=1S/C28H21N3O5/c1-16(32)36-20-13-11-19(12-14-20)30-27(34)22-23(28(30)35)25(26(33)17-7-3-2-4-8-17)31-24(22)21-10-6-5-9-18(21)15-29-31/h2-15,22-25H,1H3/t22-,23+,24-,25-/m1/s1. The molecule has 0 spiro atoms. The predicted octanol–water partition coefficient (Wildman–Crippen LogP) is 3.37. The normalized spacial score (nSPS) is 23.8. The molecule has 0 aliphatic carbocycles. The quantitative estimate of drug-likeness (QED) is 0.246.